The van der Waals surface area contributed by atoms with Crippen LogP contribution in [-0.2, 0) is 111 Å². The Hall–Kier alpha value is -7.81. The Kier molecular flexibility index (Phi) is 22.3. The number of carbonyl (C=O) groups is 11. The molecule has 0 aliphatic carbocycles. The van der Waals surface area contributed by atoms with Crippen molar-refractivity contribution < 1.29 is 124 Å². The van der Waals surface area contributed by atoms with Gasteiger partial charge < -0.3 is 71.1 Å². The quantitative estimate of drug-likeness (QED) is 0.0749. The van der Waals surface area contributed by atoms with Crippen LogP contribution in [0.25, 0.3) is 6.08 Å². The van der Waals surface area contributed by atoms with Gasteiger partial charge in [0.1, 0.15) is 31.5 Å². The Labute approximate surface area is 428 Å². The van der Waals surface area contributed by atoms with Gasteiger partial charge in [0.25, 0.3) is 0 Å². The summed E-state index contributed by atoms with van der Waals surface area (Å²) in [7, 11) is 0. The van der Waals surface area contributed by atoms with Gasteiger partial charge >= 0.3 is 65.7 Å². The molecule has 2 fully saturated rings. The molecule has 0 unspecified atom stereocenters. The zero-order valence-corrected chi connectivity index (χ0v) is 42.3. The molecular weight excluding hydrogens is 1000 g/mol. The summed E-state index contributed by atoms with van der Waals surface area (Å²) < 4.78 is 84.7. The van der Waals surface area contributed by atoms with Gasteiger partial charge in [0, 0.05) is 75.3 Å². The van der Waals surface area contributed by atoms with Crippen LogP contribution in [0.3, 0.4) is 0 Å². The van der Waals surface area contributed by atoms with Gasteiger partial charge in [-0.1, -0.05) is 12.1 Å². The fraction of sp³-hybridized carbons (Fsp3) is 0.490. The first-order valence-electron chi connectivity index (χ1n) is 22.7. The van der Waals surface area contributed by atoms with Crippen LogP contribution in [0.5, 0.6) is 23.0 Å². The molecule has 2 aromatic carbocycles. The lowest BCUT2D eigenvalue weighted by Crippen LogP contribution is -2.67. The van der Waals surface area contributed by atoms with E-state index in [0.29, 0.717) is 5.56 Å². The van der Waals surface area contributed by atoms with Crippen molar-refractivity contribution in [1.29, 1.82) is 0 Å². The molecule has 2 aliphatic heterocycles. The van der Waals surface area contributed by atoms with E-state index in [0.717, 1.165) is 75.3 Å². The number of carbonyl (C=O) groups excluding carboxylic acids is 11. The van der Waals surface area contributed by atoms with E-state index in [9.17, 15) is 52.7 Å². The van der Waals surface area contributed by atoms with E-state index >= 15 is 0 Å². The van der Waals surface area contributed by atoms with Gasteiger partial charge in [0.2, 0.25) is 0 Å². The number of hydrogen-bond acceptors (Lipinski definition) is 26. The van der Waals surface area contributed by atoms with E-state index in [4.69, 9.17) is 71.1 Å². The summed E-state index contributed by atoms with van der Waals surface area (Å²) in [5, 5.41) is 0. The molecule has 0 N–H and O–H groups in total. The minimum absolute atomic E-state index is 0.00860. The largest absolute Gasteiger partial charge is 0.463 e. The predicted molar refractivity (Wildman–Crippen MR) is 244 cm³/mol. The van der Waals surface area contributed by atoms with Gasteiger partial charge in [-0.25, -0.2) is 4.79 Å². The zero-order valence-electron chi connectivity index (χ0n) is 42.3. The second-order valence-electron chi connectivity index (χ2n) is 16.3. The lowest BCUT2D eigenvalue weighted by atomic mass is 9.96. The van der Waals surface area contributed by atoms with Gasteiger partial charge in [0.15, 0.2) is 66.1 Å². The SMILES string of the molecule is CC(=O)OC[C@H]1O[C@@H](O[C@@H]2[C@@H](OC(C)=O)[C@@H](OCCc3ccc(OC(C)=O)c(OC(C)=O)c3)O[C@H](COC(C)=O)[C@H]2OC(=O)C=Cc2ccc(OC(C)=O)c(OC(C)=O)c2)[C@H](OC(C)=O)[C@@H](OC(C)=O)[C@@H]1OC(C)=O. The summed E-state index contributed by atoms with van der Waals surface area (Å²) >= 11 is 0. The number of hydrogen-bond donors (Lipinski definition) is 0. The third-order valence-electron chi connectivity index (χ3n) is 9.91. The second kappa shape index (κ2) is 28.0. The predicted octanol–water partition coefficient (Wildman–Crippen LogP) is 2.26. The van der Waals surface area contributed by atoms with Crippen LogP contribution in [0.4, 0.5) is 0 Å². The summed E-state index contributed by atoms with van der Waals surface area (Å²) in [5.41, 5.74) is 0.649. The molecule has 26 nitrogen and oxygen atoms in total. The van der Waals surface area contributed by atoms with E-state index in [2.05, 4.69) is 0 Å². The Morgan fingerprint density at radius 3 is 1.36 bits per heavy atom. The highest BCUT2D eigenvalue weighted by molar-refractivity contribution is 5.87. The highest BCUT2D eigenvalue weighted by Gasteiger charge is 2.58. The van der Waals surface area contributed by atoms with Crippen LogP contribution in [0.2, 0.25) is 0 Å². The lowest BCUT2D eigenvalue weighted by Gasteiger charge is -2.48. The van der Waals surface area contributed by atoms with Gasteiger partial charge in [-0.3, -0.25) is 47.9 Å². The molecular formula is C49H56O26. The lowest BCUT2D eigenvalue weighted by molar-refractivity contribution is -0.361. The van der Waals surface area contributed by atoms with Crippen molar-refractivity contribution in [2.75, 3.05) is 19.8 Å². The van der Waals surface area contributed by atoms with Crippen molar-refractivity contribution in [3.8, 4) is 23.0 Å². The zero-order chi connectivity index (χ0) is 55.7. The molecule has 75 heavy (non-hydrogen) atoms. The average molecular weight is 1060 g/mol. The molecule has 408 valence electrons. The van der Waals surface area contributed by atoms with E-state index in [1.165, 1.54) is 42.5 Å². The number of rotatable bonds is 21. The van der Waals surface area contributed by atoms with Crippen LogP contribution < -0.4 is 18.9 Å². The van der Waals surface area contributed by atoms with Crippen molar-refractivity contribution in [1.82, 2.24) is 0 Å². The topological polar surface area (TPSA) is 326 Å². The molecule has 2 saturated heterocycles. The standard InChI is InChI=1S/C49H56O26/c1-23(50)62-21-39-42(68-29(7)56)44(69-30(8)57)47(71-32(10)59)49(73-39)75-45-43(74-41(60)16-13-33-11-14-35(64-25(3)52)37(19-33)66-27(5)54)40(22-63-24(2)51)72-48(46(45)70-31(9)58)61-18-17-34-12-15-36(65-26(4)53)38(20-34)67-28(6)55/h11-16,19-20,39-40,42-49H,17-18,21-22H2,1-10H3/t39-,40-,42-,43-,44+,45+,46-,47-,48+,49+/m1/s1. The molecule has 0 bridgehead atoms. The normalized spacial score (nSPS) is 23.0. The highest BCUT2D eigenvalue weighted by atomic mass is 16.8. The Morgan fingerprint density at radius 1 is 0.440 bits per heavy atom. The van der Waals surface area contributed by atoms with Crippen molar-refractivity contribution in [2.45, 2.75) is 137 Å². The number of benzene rings is 2. The van der Waals surface area contributed by atoms with E-state index in [-0.39, 0.29) is 41.6 Å². The fourth-order valence-corrected chi connectivity index (χ4v) is 7.33. The van der Waals surface area contributed by atoms with Crippen molar-refractivity contribution >= 4 is 71.7 Å². The minimum Gasteiger partial charge on any atom is -0.463 e. The highest BCUT2D eigenvalue weighted by Crippen LogP contribution is 2.37. The molecule has 2 heterocycles. The first-order valence-corrected chi connectivity index (χ1v) is 22.7. The average Bonchev–Trinajstić information content (AvgIpc) is 3.28. The molecule has 0 radical (unpaired) electrons. The van der Waals surface area contributed by atoms with Crippen molar-refractivity contribution in [3.05, 3.63) is 53.6 Å². The Bertz CT molecular complexity index is 2500. The maximum atomic E-state index is 14.0. The molecule has 2 aromatic rings. The van der Waals surface area contributed by atoms with Crippen LogP contribution in [0, 0.1) is 0 Å². The molecule has 0 amide bonds. The summed E-state index contributed by atoms with van der Waals surface area (Å²) in [4.78, 5) is 137. The first kappa shape index (κ1) is 59.8. The van der Waals surface area contributed by atoms with E-state index < -0.39 is 140 Å². The van der Waals surface area contributed by atoms with Crippen LogP contribution >= 0.6 is 0 Å². The van der Waals surface area contributed by atoms with Gasteiger partial charge in [-0.05, 0) is 47.9 Å². The maximum absolute atomic E-state index is 14.0. The van der Waals surface area contributed by atoms with Crippen molar-refractivity contribution in [2.24, 2.45) is 0 Å². The van der Waals surface area contributed by atoms with Gasteiger partial charge in [-0.2, -0.15) is 0 Å². The van der Waals surface area contributed by atoms with Gasteiger partial charge in [-0.15, -0.1) is 0 Å². The monoisotopic (exact) mass is 1060 g/mol. The van der Waals surface area contributed by atoms with Crippen LogP contribution in [0.15, 0.2) is 42.5 Å². The van der Waals surface area contributed by atoms with Crippen molar-refractivity contribution in [3.63, 3.8) is 0 Å². The second-order valence-corrected chi connectivity index (χ2v) is 16.3. The van der Waals surface area contributed by atoms with Crippen LogP contribution in [0.1, 0.15) is 80.4 Å². The molecule has 2 aliphatic rings. The fourth-order valence-electron chi connectivity index (χ4n) is 7.33. The molecule has 10 atom stereocenters. The smallest absolute Gasteiger partial charge is 0.331 e. The minimum atomic E-state index is -2.01. The number of esters is 11. The molecule has 0 spiro atoms. The summed E-state index contributed by atoms with van der Waals surface area (Å²) in [5.74, 6) is -10.2. The molecule has 4 rings (SSSR count). The Morgan fingerprint density at radius 2 is 0.867 bits per heavy atom. The van der Waals surface area contributed by atoms with E-state index in [1.807, 2.05) is 0 Å². The van der Waals surface area contributed by atoms with Crippen LogP contribution in [-0.4, -0.2) is 147 Å². The van der Waals surface area contributed by atoms with E-state index in [1.54, 1.807) is 0 Å². The number of ether oxygens (including phenoxy) is 15. The van der Waals surface area contributed by atoms with Gasteiger partial charge in [0.05, 0.1) is 6.61 Å². The third-order valence-corrected chi connectivity index (χ3v) is 9.91. The Balaban J connectivity index is 1.88. The summed E-state index contributed by atoms with van der Waals surface area (Å²) in [6.07, 6.45) is -15.7. The molecule has 26 heteroatoms. The molecule has 0 aromatic heterocycles. The summed E-state index contributed by atoms with van der Waals surface area (Å²) in [6.45, 7) is 8.86. The first-order chi connectivity index (χ1) is 35.3. The third kappa shape index (κ3) is 19.2. The summed E-state index contributed by atoms with van der Waals surface area (Å²) in [6, 6.07) is 8.22. The molecule has 0 saturated carbocycles. The maximum Gasteiger partial charge on any atom is 0.331 e.